The lowest BCUT2D eigenvalue weighted by Gasteiger charge is -2.15. The smallest absolute Gasteiger partial charge is 0.203 e. The lowest BCUT2D eigenvalue weighted by atomic mass is 10.1. The molecule has 3 aromatic rings. The molecule has 0 aliphatic heterocycles. The minimum Gasteiger partial charge on any atom is -0.493 e. The molecule has 1 heterocycles. The molecular formula is C24H32N4O3. The van der Waals surface area contributed by atoms with Crippen LogP contribution in [0.25, 0.3) is 10.9 Å². The highest BCUT2D eigenvalue weighted by Crippen LogP contribution is 2.39. The molecule has 0 bridgehead atoms. The van der Waals surface area contributed by atoms with Crippen LogP contribution in [0.3, 0.4) is 0 Å². The summed E-state index contributed by atoms with van der Waals surface area (Å²) in [5, 5.41) is 7.99. The summed E-state index contributed by atoms with van der Waals surface area (Å²) in [6, 6.07) is 10.3. The number of H-pyrrole nitrogens is 1. The molecule has 3 rings (SSSR count). The van der Waals surface area contributed by atoms with Gasteiger partial charge in [0.05, 0.1) is 27.9 Å². The van der Waals surface area contributed by atoms with Gasteiger partial charge in [-0.15, -0.1) is 0 Å². The molecule has 0 saturated carbocycles. The van der Waals surface area contributed by atoms with Crippen LogP contribution in [0.2, 0.25) is 0 Å². The molecule has 7 nitrogen and oxygen atoms in total. The van der Waals surface area contributed by atoms with Gasteiger partial charge in [-0.25, -0.2) is 4.99 Å². The van der Waals surface area contributed by atoms with Crippen molar-refractivity contribution < 1.29 is 14.2 Å². The number of nitrogens with one attached hydrogen (secondary N) is 3. The second-order valence-electron chi connectivity index (χ2n) is 7.23. The number of nitrogens with zero attached hydrogens (tertiary/aromatic N) is 1. The molecule has 2 aromatic carbocycles. The second-order valence-corrected chi connectivity index (χ2v) is 7.23. The van der Waals surface area contributed by atoms with Gasteiger partial charge in [0.1, 0.15) is 0 Å². The van der Waals surface area contributed by atoms with Crippen LogP contribution in [-0.4, -0.2) is 45.4 Å². The largest absolute Gasteiger partial charge is 0.493 e. The Balaban J connectivity index is 1.69. The molecule has 3 N–H and O–H groups in total. The first kappa shape index (κ1) is 22.3. The molecule has 0 aliphatic rings. The van der Waals surface area contributed by atoms with Gasteiger partial charge in [0.25, 0.3) is 0 Å². The highest BCUT2D eigenvalue weighted by atomic mass is 16.5. The Morgan fingerprint density at radius 3 is 2.48 bits per heavy atom. The molecule has 0 saturated heterocycles. The fraction of sp³-hybridized carbons (Fsp3) is 0.375. The molecule has 0 fully saturated rings. The average Bonchev–Trinajstić information content (AvgIpc) is 3.18. The monoisotopic (exact) mass is 424 g/mol. The lowest BCUT2D eigenvalue weighted by Crippen LogP contribution is -2.38. The summed E-state index contributed by atoms with van der Waals surface area (Å²) < 4.78 is 16.4. The van der Waals surface area contributed by atoms with E-state index in [0.717, 1.165) is 31.0 Å². The van der Waals surface area contributed by atoms with Gasteiger partial charge in [0, 0.05) is 35.8 Å². The normalized spacial score (nSPS) is 11.5. The van der Waals surface area contributed by atoms with Crippen LogP contribution in [0.5, 0.6) is 17.2 Å². The number of benzene rings is 2. The fourth-order valence-electron chi connectivity index (χ4n) is 3.62. The number of fused-ring (bicyclic) bond motifs is 1. The van der Waals surface area contributed by atoms with E-state index in [9.17, 15) is 0 Å². The molecule has 0 spiro atoms. The van der Waals surface area contributed by atoms with E-state index in [4.69, 9.17) is 19.2 Å². The summed E-state index contributed by atoms with van der Waals surface area (Å²) in [6.07, 6.45) is 2.98. The van der Waals surface area contributed by atoms with Crippen molar-refractivity contribution in [3.05, 3.63) is 53.2 Å². The van der Waals surface area contributed by atoms with E-state index in [2.05, 4.69) is 53.9 Å². The highest BCUT2D eigenvalue weighted by molar-refractivity contribution is 5.84. The molecule has 1 aromatic heterocycles. The number of aromatic nitrogens is 1. The second kappa shape index (κ2) is 10.6. The molecule has 0 amide bonds. The first-order chi connectivity index (χ1) is 15.1. The predicted molar refractivity (Wildman–Crippen MR) is 126 cm³/mol. The van der Waals surface area contributed by atoms with Crippen LogP contribution >= 0.6 is 0 Å². The summed E-state index contributed by atoms with van der Waals surface area (Å²) in [5.41, 5.74) is 4.64. The zero-order valence-electron chi connectivity index (χ0n) is 19.0. The average molecular weight is 425 g/mol. The number of hydrogen-bond acceptors (Lipinski definition) is 4. The topological polar surface area (TPSA) is 79.9 Å². The summed E-state index contributed by atoms with van der Waals surface area (Å²) in [6.45, 7) is 6.16. The van der Waals surface area contributed by atoms with Gasteiger partial charge >= 0.3 is 0 Å². The zero-order chi connectivity index (χ0) is 22.2. The predicted octanol–water partition coefficient (Wildman–Crippen LogP) is 3.80. The standard InChI is InChI=1S/C24H32N4O3/c1-6-25-24(26-12-11-17-14-27-20-13-16(2)7-9-19(17)20)28-15-18-8-10-21(29-3)23(31-5)22(18)30-4/h7-10,13-14,27H,6,11-12,15H2,1-5H3,(H2,25,26,28). The van der Waals surface area contributed by atoms with Gasteiger partial charge in [0.2, 0.25) is 5.75 Å². The van der Waals surface area contributed by atoms with E-state index < -0.39 is 0 Å². The molecule has 0 unspecified atom stereocenters. The Labute approximate surface area is 183 Å². The molecule has 0 radical (unpaired) electrons. The molecular weight excluding hydrogens is 392 g/mol. The van der Waals surface area contributed by atoms with Crippen molar-refractivity contribution >= 4 is 16.9 Å². The Morgan fingerprint density at radius 2 is 1.77 bits per heavy atom. The number of methoxy groups -OCH3 is 3. The fourth-order valence-corrected chi connectivity index (χ4v) is 3.62. The first-order valence-electron chi connectivity index (χ1n) is 10.5. The summed E-state index contributed by atoms with van der Waals surface area (Å²) in [7, 11) is 4.83. The van der Waals surface area contributed by atoms with Gasteiger partial charge in [-0.3, -0.25) is 0 Å². The van der Waals surface area contributed by atoms with Gasteiger partial charge in [-0.2, -0.15) is 0 Å². The van der Waals surface area contributed by atoms with Crippen LogP contribution in [0.1, 0.15) is 23.6 Å². The van der Waals surface area contributed by atoms with E-state index in [1.807, 2.05) is 12.1 Å². The minimum atomic E-state index is 0.450. The van der Waals surface area contributed by atoms with Crippen molar-refractivity contribution in [1.82, 2.24) is 15.6 Å². The van der Waals surface area contributed by atoms with E-state index in [-0.39, 0.29) is 0 Å². The Hall–Kier alpha value is -3.35. The van der Waals surface area contributed by atoms with E-state index >= 15 is 0 Å². The van der Waals surface area contributed by atoms with Crippen LogP contribution in [0, 0.1) is 6.92 Å². The van der Waals surface area contributed by atoms with Gasteiger partial charge in [0.15, 0.2) is 17.5 Å². The van der Waals surface area contributed by atoms with Crippen molar-refractivity contribution in [3.63, 3.8) is 0 Å². The molecule has 31 heavy (non-hydrogen) atoms. The van der Waals surface area contributed by atoms with Crippen LogP contribution < -0.4 is 24.8 Å². The van der Waals surface area contributed by atoms with Crippen molar-refractivity contribution in [2.75, 3.05) is 34.4 Å². The lowest BCUT2D eigenvalue weighted by molar-refractivity contribution is 0.322. The van der Waals surface area contributed by atoms with Gasteiger partial charge < -0.3 is 29.8 Å². The van der Waals surface area contributed by atoms with Gasteiger partial charge in [-0.1, -0.05) is 12.1 Å². The molecule has 166 valence electrons. The van der Waals surface area contributed by atoms with Crippen LogP contribution in [0.15, 0.2) is 41.5 Å². The number of aromatic amines is 1. The molecule has 0 aliphatic carbocycles. The quantitative estimate of drug-likeness (QED) is 0.360. The van der Waals surface area contributed by atoms with Crippen molar-refractivity contribution in [2.45, 2.75) is 26.8 Å². The zero-order valence-corrected chi connectivity index (χ0v) is 19.0. The van der Waals surface area contributed by atoms with Crippen molar-refractivity contribution in [2.24, 2.45) is 4.99 Å². The highest BCUT2D eigenvalue weighted by Gasteiger charge is 2.15. The molecule has 7 heteroatoms. The molecule has 0 atom stereocenters. The number of aryl methyl sites for hydroxylation is 1. The third-order valence-corrected chi connectivity index (χ3v) is 5.15. The van der Waals surface area contributed by atoms with Crippen molar-refractivity contribution in [1.29, 1.82) is 0 Å². The van der Waals surface area contributed by atoms with E-state index in [1.165, 1.54) is 22.0 Å². The van der Waals surface area contributed by atoms with Crippen molar-refractivity contribution in [3.8, 4) is 17.2 Å². The Bertz CT molecular complexity index is 1040. The third kappa shape index (κ3) is 5.23. The van der Waals surface area contributed by atoms with Crippen LogP contribution in [0.4, 0.5) is 0 Å². The summed E-state index contributed by atoms with van der Waals surface area (Å²) >= 11 is 0. The minimum absolute atomic E-state index is 0.450. The number of ether oxygens (including phenoxy) is 3. The SMILES string of the molecule is CCNC(=NCc1ccc(OC)c(OC)c1OC)NCCc1c[nH]c2cc(C)ccc12. The van der Waals surface area contributed by atoms with Crippen LogP contribution in [-0.2, 0) is 13.0 Å². The third-order valence-electron chi connectivity index (χ3n) is 5.15. The first-order valence-corrected chi connectivity index (χ1v) is 10.5. The maximum absolute atomic E-state index is 5.56. The van der Waals surface area contributed by atoms with E-state index in [1.54, 1.807) is 21.3 Å². The number of aliphatic imine (C=N–C) groups is 1. The maximum Gasteiger partial charge on any atom is 0.203 e. The number of guanidine groups is 1. The summed E-state index contributed by atoms with van der Waals surface area (Å²) in [5.74, 6) is 2.60. The van der Waals surface area contributed by atoms with E-state index in [0.29, 0.717) is 23.8 Å². The maximum atomic E-state index is 5.56. The van der Waals surface area contributed by atoms with Gasteiger partial charge in [-0.05, 0) is 49.6 Å². The number of rotatable bonds is 9. The summed E-state index contributed by atoms with van der Waals surface area (Å²) in [4.78, 5) is 8.09. The Morgan fingerprint density at radius 1 is 0.968 bits per heavy atom. The number of hydrogen-bond donors (Lipinski definition) is 3. The Kier molecular flexibility index (Phi) is 7.65.